The normalized spacial score (nSPS) is 11.0. The average molecular weight is 390 g/mol. The van der Waals surface area contributed by atoms with Crippen LogP contribution in [-0.4, -0.2) is 35.0 Å². The summed E-state index contributed by atoms with van der Waals surface area (Å²) in [5.74, 6) is -0.475. The topological polar surface area (TPSA) is 81.9 Å². The Bertz CT molecular complexity index is 864. The van der Waals surface area contributed by atoms with Crippen molar-refractivity contribution in [3.63, 3.8) is 0 Å². The number of benzene rings is 2. The third kappa shape index (κ3) is 5.42. The average Bonchev–Trinajstić information content (AvgIpc) is 2.63. The number of carbonyl (C=O) groups is 1. The maximum absolute atomic E-state index is 13.5. The lowest BCUT2D eigenvalue weighted by atomic mass is 10.0. The molecule has 150 valence electrons. The van der Waals surface area contributed by atoms with E-state index in [2.05, 4.69) is 0 Å². The number of nitro groups is 1. The molecule has 2 aromatic carbocycles. The number of nitro benzene ring substituents is 1. The van der Waals surface area contributed by atoms with Gasteiger partial charge < -0.3 is 14.4 Å². The predicted octanol–water partition coefficient (Wildman–Crippen LogP) is 3.95. The van der Waals surface area contributed by atoms with Crippen LogP contribution in [0.3, 0.4) is 0 Å². The Morgan fingerprint density at radius 3 is 2.50 bits per heavy atom. The second kappa shape index (κ2) is 8.69. The molecule has 0 atom stereocenters. The molecular weight excluding hydrogens is 367 g/mol. The number of rotatable bonds is 7. The Morgan fingerprint density at radius 1 is 1.21 bits per heavy atom. The van der Waals surface area contributed by atoms with E-state index in [0.717, 1.165) is 0 Å². The van der Waals surface area contributed by atoms with E-state index >= 15 is 0 Å². The van der Waals surface area contributed by atoms with Gasteiger partial charge in [-0.1, -0.05) is 12.1 Å². The number of hydrogen-bond acceptors (Lipinski definition) is 5. The van der Waals surface area contributed by atoms with Crippen LogP contribution in [0.15, 0.2) is 42.5 Å². The van der Waals surface area contributed by atoms with Gasteiger partial charge in [0.05, 0.1) is 18.1 Å². The quantitative estimate of drug-likeness (QED) is 0.528. The van der Waals surface area contributed by atoms with Crippen LogP contribution in [0.1, 0.15) is 26.3 Å². The van der Waals surface area contributed by atoms with Crippen molar-refractivity contribution in [3.8, 4) is 11.5 Å². The minimum Gasteiger partial charge on any atom is -0.496 e. The summed E-state index contributed by atoms with van der Waals surface area (Å²) in [6, 6.07) is 10.1. The molecule has 0 aliphatic heterocycles. The van der Waals surface area contributed by atoms with Crippen molar-refractivity contribution in [2.45, 2.75) is 32.9 Å². The molecule has 0 radical (unpaired) electrons. The lowest BCUT2D eigenvalue weighted by molar-refractivity contribution is -0.385. The zero-order valence-electron chi connectivity index (χ0n) is 16.3. The first-order valence-corrected chi connectivity index (χ1v) is 8.62. The van der Waals surface area contributed by atoms with Gasteiger partial charge in [0.1, 0.15) is 11.6 Å². The molecule has 2 rings (SSSR count). The van der Waals surface area contributed by atoms with Crippen LogP contribution in [0.25, 0.3) is 0 Å². The summed E-state index contributed by atoms with van der Waals surface area (Å²) in [5, 5.41) is 11.2. The highest BCUT2D eigenvalue weighted by molar-refractivity contribution is 5.78. The molecule has 0 aliphatic carbocycles. The van der Waals surface area contributed by atoms with Crippen molar-refractivity contribution < 1.29 is 23.6 Å². The van der Waals surface area contributed by atoms with Crippen LogP contribution in [-0.2, 0) is 11.3 Å². The largest absolute Gasteiger partial charge is 0.496 e. The molecule has 0 bridgehead atoms. The third-order valence-corrected chi connectivity index (χ3v) is 4.05. The van der Waals surface area contributed by atoms with Crippen LogP contribution < -0.4 is 9.47 Å². The Morgan fingerprint density at radius 2 is 1.93 bits per heavy atom. The predicted molar refractivity (Wildman–Crippen MR) is 102 cm³/mol. The molecule has 0 aliphatic rings. The lowest BCUT2D eigenvalue weighted by Gasteiger charge is -2.35. The lowest BCUT2D eigenvalue weighted by Crippen LogP contribution is -2.47. The first kappa shape index (κ1) is 21.1. The summed E-state index contributed by atoms with van der Waals surface area (Å²) in [7, 11) is 1.40. The van der Waals surface area contributed by atoms with Gasteiger partial charge in [-0.05, 0) is 50.6 Å². The Labute approximate surface area is 162 Å². The first-order valence-electron chi connectivity index (χ1n) is 8.62. The maximum Gasteiger partial charge on any atom is 0.314 e. The molecule has 28 heavy (non-hydrogen) atoms. The van der Waals surface area contributed by atoms with E-state index in [0.29, 0.717) is 11.3 Å². The van der Waals surface area contributed by atoms with Gasteiger partial charge in [0.15, 0.2) is 12.4 Å². The number of nitrogens with zero attached hydrogens (tertiary/aromatic N) is 2. The van der Waals surface area contributed by atoms with Crippen molar-refractivity contribution in [2.75, 3.05) is 13.7 Å². The fourth-order valence-corrected chi connectivity index (χ4v) is 2.62. The van der Waals surface area contributed by atoms with E-state index in [1.54, 1.807) is 12.1 Å². The smallest absolute Gasteiger partial charge is 0.314 e. The number of hydrogen-bond donors (Lipinski definition) is 0. The molecule has 0 fully saturated rings. The van der Waals surface area contributed by atoms with Crippen molar-refractivity contribution in [1.82, 2.24) is 4.90 Å². The van der Waals surface area contributed by atoms with Crippen LogP contribution in [0.5, 0.6) is 11.5 Å². The molecule has 0 heterocycles. The zero-order valence-corrected chi connectivity index (χ0v) is 16.3. The van der Waals surface area contributed by atoms with E-state index in [9.17, 15) is 19.3 Å². The minimum absolute atomic E-state index is 0.0289. The molecule has 0 aromatic heterocycles. The monoisotopic (exact) mass is 390 g/mol. The summed E-state index contributed by atoms with van der Waals surface area (Å²) in [5.41, 5.74) is -0.211. The SMILES string of the molecule is COc1ccc(OCC(=O)N(Cc2cccc(F)c2)C(C)(C)C)c([N+](=O)[O-])c1. The molecule has 0 unspecified atom stereocenters. The van der Waals surface area contributed by atoms with Crippen LogP contribution >= 0.6 is 0 Å². The zero-order chi connectivity index (χ0) is 20.9. The molecule has 7 nitrogen and oxygen atoms in total. The third-order valence-electron chi connectivity index (χ3n) is 4.05. The standard InChI is InChI=1S/C20H23FN2O5/c1-20(2,3)22(12-14-6-5-7-15(21)10-14)19(24)13-28-18-9-8-16(27-4)11-17(18)23(25)26/h5-11H,12-13H2,1-4H3. The van der Waals surface area contributed by atoms with Crippen molar-refractivity contribution in [1.29, 1.82) is 0 Å². The summed E-state index contributed by atoms with van der Waals surface area (Å²) < 4.78 is 23.9. The van der Waals surface area contributed by atoms with Crippen LogP contribution in [0.4, 0.5) is 10.1 Å². The molecule has 8 heteroatoms. The van der Waals surface area contributed by atoms with Gasteiger partial charge in [-0.25, -0.2) is 4.39 Å². The molecule has 0 N–H and O–H groups in total. The number of ether oxygens (including phenoxy) is 2. The second-order valence-corrected chi connectivity index (χ2v) is 7.16. The summed E-state index contributed by atoms with van der Waals surface area (Å²) in [6.07, 6.45) is 0. The van der Waals surface area contributed by atoms with E-state index < -0.39 is 10.5 Å². The van der Waals surface area contributed by atoms with Gasteiger partial charge in [-0.15, -0.1) is 0 Å². The summed E-state index contributed by atoms with van der Waals surface area (Å²) in [4.78, 5) is 24.9. The molecule has 0 saturated carbocycles. The summed E-state index contributed by atoms with van der Waals surface area (Å²) >= 11 is 0. The van der Waals surface area contributed by atoms with Gasteiger partial charge in [0.25, 0.3) is 5.91 Å². The number of halogens is 1. The van der Waals surface area contributed by atoms with E-state index in [1.807, 2.05) is 20.8 Å². The van der Waals surface area contributed by atoms with Crippen molar-refractivity contribution in [3.05, 3.63) is 64.0 Å². The van der Waals surface area contributed by atoms with Gasteiger partial charge >= 0.3 is 5.69 Å². The van der Waals surface area contributed by atoms with Crippen LogP contribution in [0.2, 0.25) is 0 Å². The summed E-state index contributed by atoms with van der Waals surface area (Å²) in [6.45, 7) is 5.34. The number of methoxy groups -OCH3 is 1. The highest BCUT2D eigenvalue weighted by atomic mass is 19.1. The number of amides is 1. The van der Waals surface area contributed by atoms with Gasteiger partial charge in [-0.3, -0.25) is 14.9 Å². The highest BCUT2D eigenvalue weighted by Crippen LogP contribution is 2.31. The molecule has 0 spiro atoms. The van der Waals surface area contributed by atoms with Crippen molar-refractivity contribution >= 4 is 11.6 Å². The molecule has 2 aromatic rings. The van der Waals surface area contributed by atoms with Crippen LogP contribution in [0, 0.1) is 15.9 Å². The van der Waals surface area contributed by atoms with E-state index in [1.165, 1.54) is 42.3 Å². The highest BCUT2D eigenvalue weighted by Gasteiger charge is 2.28. The maximum atomic E-state index is 13.5. The van der Waals surface area contributed by atoms with E-state index in [-0.39, 0.29) is 36.3 Å². The number of carbonyl (C=O) groups excluding carboxylic acids is 1. The fourth-order valence-electron chi connectivity index (χ4n) is 2.62. The van der Waals surface area contributed by atoms with Gasteiger partial charge in [0, 0.05) is 12.1 Å². The Hall–Kier alpha value is -3.16. The van der Waals surface area contributed by atoms with Gasteiger partial charge in [-0.2, -0.15) is 0 Å². The second-order valence-electron chi connectivity index (χ2n) is 7.16. The fraction of sp³-hybridized carbons (Fsp3) is 0.350. The Kier molecular flexibility index (Phi) is 6.56. The molecule has 1 amide bonds. The molecule has 0 saturated heterocycles. The Balaban J connectivity index is 2.17. The van der Waals surface area contributed by atoms with Crippen molar-refractivity contribution in [2.24, 2.45) is 0 Å². The van der Waals surface area contributed by atoms with Gasteiger partial charge in [0.2, 0.25) is 0 Å². The molecular formula is C20H23FN2O5. The van der Waals surface area contributed by atoms with E-state index in [4.69, 9.17) is 9.47 Å². The minimum atomic E-state index is -0.601. The first-order chi connectivity index (χ1) is 13.1.